The predicted octanol–water partition coefficient (Wildman–Crippen LogP) is 7.22. The molecule has 0 unspecified atom stereocenters. The van der Waals surface area contributed by atoms with Crippen LogP contribution in [-0.2, 0) is 5.41 Å². The highest BCUT2D eigenvalue weighted by atomic mass is 35.5. The Morgan fingerprint density at radius 1 is 1.02 bits per heavy atom. The second kappa shape index (κ2) is 11.7. The van der Waals surface area contributed by atoms with Crippen LogP contribution in [0.3, 0.4) is 0 Å². The van der Waals surface area contributed by atoms with Crippen LogP contribution in [0.25, 0.3) is 6.08 Å². The van der Waals surface area contributed by atoms with Crippen LogP contribution in [0.5, 0.6) is 5.75 Å². The maximum atomic E-state index is 12.5. The molecule has 2 amide bonds. The normalized spacial score (nSPS) is 17.8. The Kier molecular flexibility index (Phi) is 8.14. The Morgan fingerprint density at radius 3 is 2.42 bits per heavy atom. The van der Waals surface area contributed by atoms with E-state index in [0.717, 1.165) is 72.9 Å². The average Bonchev–Trinajstić information content (AvgIpc) is 3.23. The molecule has 40 heavy (non-hydrogen) atoms. The third-order valence-corrected chi connectivity index (χ3v) is 7.56. The van der Waals surface area contributed by atoms with Crippen molar-refractivity contribution in [1.82, 2.24) is 10.3 Å². The first kappa shape index (κ1) is 27.7. The van der Waals surface area contributed by atoms with Gasteiger partial charge in [-0.25, -0.2) is 10.2 Å². The number of rotatable bonds is 6. The lowest BCUT2D eigenvalue weighted by molar-refractivity contribution is -0.274. The lowest BCUT2D eigenvalue weighted by Crippen LogP contribution is -2.41. The molecule has 208 valence electrons. The summed E-state index contributed by atoms with van der Waals surface area (Å²) >= 11 is 5.96. The first-order valence-electron chi connectivity index (χ1n) is 12.9. The number of halogens is 4. The molecule has 10 heteroatoms. The molecule has 0 bridgehead atoms. The maximum absolute atomic E-state index is 12.5. The van der Waals surface area contributed by atoms with Crippen molar-refractivity contribution in [2.45, 2.75) is 31.0 Å². The zero-order valence-corrected chi connectivity index (χ0v) is 22.3. The number of alkyl halides is 3. The van der Waals surface area contributed by atoms with Crippen molar-refractivity contribution in [2.75, 3.05) is 25.0 Å². The summed E-state index contributed by atoms with van der Waals surface area (Å²) in [6.07, 6.45) is 2.20. The predicted molar refractivity (Wildman–Crippen MR) is 151 cm³/mol. The van der Waals surface area contributed by atoms with Crippen LogP contribution in [0.2, 0.25) is 5.02 Å². The van der Waals surface area contributed by atoms with E-state index in [9.17, 15) is 18.0 Å². The number of benzene rings is 3. The number of carbonyl (C=O) groups excluding carboxylic acids is 1. The van der Waals surface area contributed by atoms with Crippen molar-refractivity contribution in [3.8, 4) is 5.75 Å². The van der Waals surface area contributed by atoms with E-state index in [-0.39, 0.29) is 11.2 Å². The quantitative estimate of drug-likeness (QED) is 0.309. The molecule has 3 aromatic carbocycles. The molecule has 1 fully saturated rings. The number of amides is 2. The average molecular weight is 569 g/mol. The van der Waals surface area contributed by atoms with E-state index in [2.05, 4.69) is 43.7 Å². The molecule has 0 saturated carbocycles. The maximum Gasteiger partial charge on any atom is 0.573 e. The molecular weight excluding hydrogens is 541 g/mol. The van der Waals surface area contributed by atoms with Crippen molar-refractivity contribution in [1.29, 1.82) is 0 Å². The molecule has 1 saturated heterocycles. The van der Waals surface area contributed by atoms with Crippen LogP contribution in [-0.4, -0.2) is 42.6 Å². The van der Waals surface area contributed by atoms with Crippen LogP contribution in [0.4, 0.5) is 23.7 Å². The molecule has 1 aliphatic heterocycles. The first-order valence-corrected chi connectivity index (χ1v) is 13.3. The van der Waals surface area contributed by atoms with E-state index in [1.54, 1.807) is 0 Å². The Bertz CT molecular complexity index is 1400. The van der Waals surface area contributed by atoms with Gasteiger partial charge in [0.1, 0.15) is 5.75 Å². The standard InChI is InChI=1S/C30H28ClF3N4O2/c31-22-9-7-21(8-10-22)4-3-17-38-18-15-29(16-19-38)20-27(25-5-1-2-6-26(25)29)36-37-28(39)35-23-11-13-24(14-12-23)40-30(32,33)34/h1-14H,15-20H2,(H2,35,37,39). The fourth-order valence-electron chi connectivity index (χ4n) is 5.35. The molecular formula is C30H28ClF3N4O2. The van der Waals surface area contributed by atoms with Crippen molar-refractivity contribution < 1.29 is 22.7 Å². The van der Waals surface area contributed by atoms with Crippen LogP contribution >= 0.6 is 11.6 Å². The number of nitrogens with zero attached hydrogens (tertiary/aromatic N) is 2. The monoisotopic (exact) mass is 568 g/mol. The first-order chi connectivity index (χ1) is 19.2. The molecule has 0 aromatic heterocycles. The number of likely N-dealkylation sites (tertiary alicyclic amines) is 1. The van der Waals surface area contributed by atoms with Gasteiger partial charge in [-0.1, -0.05) is 60.2 Å². The van der Waals surface area contributed by atoms with Gasteiger partial charge in [-0.05, 0) is 73.5 Å². The highest BCUT2D eigenvalue weighted by Crippen LogP contribution is 2.46. The molecule has 2 N–H and O–H groups in total. The van der Waals surface area contributed by atoms with E-state index in [4.69, 9.17) is 11.6 Å². The number of hydrogen-bond acceptors (Lipinski definition) is 4. The number of hydrogen-bond donors (Lipinski definition) is 2. The van der Waals surface area contributed by atoms with Crippen molar-refractivity contribution in [3.63, 3.8) is 0 Å². The number of carbonyl (C=O) groups is 1. The summed E-state index contributed by atoms with van der Waals surface area (Å²) in [6.45, 7) is 2.77. The number of piperidine rings is 1. The minimum Gasteiger partial charge on any atom is -0.406 e. The molecule has 0 radical (unpaired) electrons. The summed E-state index contributed by atoms with van der Waals surface area (Å²) in [6, 6.07) is 20.3. The number of nitrogens with one attached hydrogen (secondary N) is 2. The van der Waals surface area contributed by atoms with Gasteiger partial charge in [0.25, 0.3) is 0 Å². The van der Waals surface area contributed by atoms with E-state index in [1.165, 1.54) is 17.7 Å². The smallest absolute Gasteiger partial charge is 0.406 e. The fraction of sp³-hybridized carbons (Fsp3) is 0.267. The Balaban J connectivity index is 1.18. The zero-order valence-electron chi connectivity index (χ0n) is 21.5. The summed E-state index contributed by atoms with van der Waals surface area (Å²) in [5.41, 5.74) is 7.05. The second-order valence-electron chi connectivity index (χ2n) is 9.95. The Labute approximate surface area is 235 Å². The van der Waals surface area contributed by atoms with Gasteiger partial charge in [0.2, 0.25) is 0 Å². The summed E-state index contributed by atoms with van der Waals surface area (Å²) < 4.78 is 40.9. The van der Waals surface area contributed by atoms with Gasteiger partial charge in [0.15, 0.2) is 0 Å². The van der Waals surface area contributed by atoms with Gasteiger partial charge in [0.05, 0.1) is 5.71 Å². The van der Waals surface area contributed by atoms with E-state index < -0.39 is 12.4 Å². The molecule has 1 aliphatic carbocycles. The van der Waals surface area contributed by atoms with Crippen LogP contribution < -0.4 is 15.5 Å². The van der Waals surface area contributed by atoms with Crippen molar-refractivity contribution >= 4 is 35.1 Å². The minimum absolute atomic E-state index is 0.0295. The zero-order chi connectivity index (χ0) is 28.2. The lowest BCUT2D eigenvalue weighted by Gasteiger charge is -2.39. The van der Waals surface area contributed by atoms with Crippen LogP contribution in [0.15, 0.2) is 84.0 Å². The molecule has 3 aromatic rings. The number of hydrazone groups is 1. The molecule has 1 heterocycles. The number of ether oxygens (including phenoxy) is 1. The van der Waals surface area contributed by atoms with Crippen LogP contribution in [0, 0.1) is 0 Å². The largest absolute Gasteiger partial charge is 0.573 e. The fourth-order valence-corrected chi connectivity index (χ4v) is 5.47. The summed E-state index contributed by atoms with van der Waals surface area (Å²) in [7, 11) is 0. The Morgan fingerprint density at radius 2 is 1.73 bits per heavy atom. The molecule has 2 aliphatic rings. The molecule has 1 spiro atoms. The van der Waals surface area contributed by atoms with Crippen LogP contribution in [0.1, 0.15) is 36.0 Å². The van der Waals surface area contributed by atoms with E-state index >= 15 is 0 Å². The SMILES string of the molecule is O=C(NN=C1CC2(CCN(CC=Cc3ccc(Cl)cc3)CC2)c2ccccc21)Nc1ccc(OC(F)(F)F)cc1. The van der Waals surface area contributed by atoms with Crippen molar-refractivity contribution in [3.05, 3.63) is 101 Å². The van der Waals surface area contributed by atoms with E-state index in [1.807, 2.05) is 42.5 Å². The lowest BCUT2D eigenvalue weighted by atomic mass is 9.74. The van der Waals surface area contributed by atoms with Gasteiger partial charge in [-0.2, -0.15) is 5.10 Å². The van der Waals surface area contributed by atoms with Crippen molar-refractivity contribution in [2.24, 2.45) is 5.10 Å². The Hall–Kier alpha value is -3.82. The summed E-state index contributed by atoms with van der Waals surface area (Å²) in [5.74, 6) is -0.366. The molecule has 6 nitrogen and oxygen atoms in total. The highest BCUT2D eigenvalue weighted by Gasteiger charge is 2.43. The minimum atomic E-state index is -4.77. The van der Waals surface area contributed by atoms with Gasteiger partial charge in [0, 0.05) is 34.7 Å². The number of urea groups is 1. The molecule has 0 atom stereocenters. The summed E-state index contributed by atoms with van der Waals surface area (Å²) in [4.78, 5) is 14.9. The summed E-state index contributed by atoms with van der Waals surface area (Å²) in [5, 5.41) is 7.73. The molecule has 5 rings (SSSR count). The third kappa shape index (κ3) is 6.84. The van der Waals surface area contributed by atoms with Gasteiger partial charge >= 0.3 is 12.4 Å². The topological polar surface area (TPSA) is 66.0 Å². The number of fused-ring (bicyclic) bond motifs is 2. The highest BCUT2D eigenvalue weighted by molar-refractivity contribution is 6.30. The second-order valence-corrected chi connectivity index (χ2v) is 10.4. The third-order valence-electron chi connectivity index (χ3n) is 7.31. The number of anilines is 1. The van der Waals surface area contributed by atoms with Gasteiger partial charge < -0.3 is 10.1 Å². The van der Waals surface area contributed by atoms with Gasteiger partial charge in [-0.15, -0.1) is 13.2 Å². The van der Waals surface area contributed by atoms with E-state index in [0.29, 0.717) is 5.69 Å². The van der Waals surface area contributed by atoms with Gasteiger partial charge in [-0.3, -0.25) is 4.90 Å².